The predicted molar refractivity (Wildman–Crippen MR) is 107 cm³/mol. The molecule has 1 N–H and O–H groups in total. The zero-order valence-electron chi connectivity index (χ0n) is 17.6. The summed E-state index contributed by atoms with van der Waals surface area (Å²) < 4.78 is 42.3. The Labute approximate surface area is 182 Å². The molecule has 1 aromatic heterocycles. The molecular formula is C19H28F3N3O5S. The smallest absolute Gasteiger partial charge is 0.475 e. The summed E-state index contributed by atoms with van der Waals surface area (Å²) in [6.07, 6.45) is -1.13. The second kappa shape index (κ2) is 11.2. The largest absolute Gasteiger partial charge is 0.490 e. The molecule has 12 heteroatoms. The van der Waals surface area contributed by atoms with Crippen molar-refractivity contribution in [3.63, 3.8) is 0 Å². The van der Waals surface area contributed by atoms with Gasteiger partial charge in [-0.05, 0) is 25.9 Å². The third-order valence-corrected chi connectivity index (χ3v) is 6.45. The molecule has 2 saturated heterocycles. The number of aliphatic carboxylic acids is 1. The summed E-state index contributed by atoms with van der Waals surface area (Å²) in [4.78, 5) is 30.5. The number of thiazole rings is 1. The Kier molecular flexibility index (Phi) is 9.22. The number of alkyl halides is 3. The van der Waals surface area contributed by atoms with Crippen LogP contribution in [0.3, 0.4) is 0 Å². The van der Waals surface area contributed by atoms with Gasteiger partial charge in [0.25, 0.3) is 0 Å². The van der Waals surface area contributed by atoms with Gasteiger partial charge in [-0.3, -0.25) is 9.69 Å². The van der Waals surface area contributed by atoms with E-state index >= 15 is 0 Å². The summed E-state index contributed by atoms with van der Waals surface area (Å²) in [6.45, 7) is 5.60. The van der Waals surface area contributed by atoms with Gasteiger partial charge in [0, 0.05) is 44.3 Å². The average Bonchev–Trinajstić information content (AvgIpc) is 3.31. The van der Waals surface area contributed by atoms with Crippen LogP contribution in [0.2, 0.25) is 0 Å². The summed E-state index contributed by atoms with van der Waals surface area (Å²) in [5, 5.41) is 10.3. The van der Waals surface area contributed by atoms with E-state index in [0.29, 0.717) is 19.8 Å². The number of hydrogen-bond acceptors (Lipinski definition) is 7. The van der Waals surface area contributed by atoms with E-state index in [1.165, 1.54) is 5.01 Å². The van der Waals surface area contributed by atoms with E-state index in [2.05, 4.69) is 9.88 Å². The highest BCUT2D eigenvalue weighted by molar-refractivity contribution is 7.09. The van der Waals surface area contributed by atoms with Crippen molar-refractivity contribution in [3.8, 4) is 0 Å². The number of carbonyl (C=O) groups is 2. The molecule has 2 fully saturated rings. The number of amides is 1. The molecule has 8 nitrogen and oxygen atoms in total. The molecule has 1 spiro atoms. The second-order valence-electron chi connectivity index (χ2n) is 7.63. The normalized spacial score (nSPS) is 21.3. The lowest BCUT2D eigenvalue weighted by Crippen LogP contribution is -2.45. The summed E-state index contributed by atoms with van der Waals surface area (Å²) >= 11 is 1.71. The Morgan fingerprint density at radius 3 is 2.45 bits per heavy atom. The SMILES string of the molecule is COCCN1CC2(CCN(Cc3nccs3)CC2)C(COC)C1=O.O=C(O)C(F)(F)F. The number of nitrogens with zero attached hydrogens (tertiary/aromatic N) is 3. The van der Waals surface area contributed by atoms with Gasteiger partial charge in [-0.25, -0.2) is 9.78 Å². The molecule has 3 rings (SSSR count). The van der Waals surface area contributed by atoms with E-state index in [0.717, 1.165) is 39.0 Å². The van der Waals surface area contributed by atoms with Crippen LogP contribution in [0.5, 0.6) is 0 Å². The number of carbonyl (C=O) groups excluding carboxylic acids is 1. The number of methoxy groups -OCH3 is 2. The van der Waals surface area contributed by atoms with Crippen molar-refractivity contribution in [2.75, 3.05) is 53.6 Å². The first-order valence-corrected chi connectivity index (χ1v) is 10.7. The van der Waals surface area contributed by atoms with Gasteiger partial charge in [0.1, 0.15) is 5.01 Å². The minimum Gasteiger partial charge on any atom is -0.475 e. The Balaban J connectivity index is 0.000000423. The summed E-state index contributed by atoms with van der Waals surface area (Å²) in [7, 11) is 3.37. The molecule has 1 atom stereocenters. The van der Waals surface area contributed by atoms with Crippen LogP contribution in [0, 0.1) is 11.3 Å². The minimum atomic E-state index is -5.08. The number of carboxylic acids is 1. The maximum absolute atomic E-state index is 12.8. The fourth-order valence-corrected chi connectivity index (χ4v) is 4.70. The van der Waals surface area contributed by atoms with Crippen LogP contribution in [0.15, 0.2) is 11.6 Å². The van der Waals surface area contributed by atoms with Gasteiger partial charge in [0.05, 0.1) is 25.7 Å². The monoisotopic (exact) mass is 467 g/mol. The maximum atomic E-state index is 12.8. The molecule has 2 aliphatic heterocycles. The predicted octanol–water partition coefficient (Wildman–Crippen LogP) is 2.11. The summed E-state index contributed by atoms with van der Waals surface area (Å²) in [5.74, 6) is -2.53. The van der Waals surface area contributed by atoms with E-state index < -0.39 is 12.1 Å². The molecule has 1 aromatic rings. The number of ether oxygens (including phenoxy) is 2. The lowest BCUT2D eigenvalue weighted by molar-refractivity contribution is -0.192. The molecular weight excluding hydrogens is 439 g/mol. The zero-order valence-corrected chi connectivity index (χ0v) is 18.4. The second-order valence-corrected chi connectivity index (χ2v) is 8.61. The van der Waals surface area contributed by atoms with Crippen LogP contribution in [0.4, 0.5) is 13.2 Å². The first-order valence-electron chi connectivity index (χ1n) is 9.80. The third kappa shape index (κ3) is 6.86. The fraction of sp³-hybridized carbons (Fsp3) is 0.737. The van der Waals surface area contributed by atoms with E-state index in [1.54, 1.807) is 25.6 Å². The van der Waals surface area contributed by atoms with Gasteiger partial charge >= 0.3 is 12.1 Å². The number of likely N-dealkylation sites (tertiary alicyclic amines) is 2. The highest BCUT2D eigenvalue weighted by Gasteiger charge is 2.52. The molecule has 176 valence electrons. The van der Waals surface area contributed by atoms with Crippen molar-refractivity contribution in [2.24, 2.45) is 11.3 Å². The Morgan fingerprint density at radius 1 is 1.32 bits per heavy atom. The lowest BCUT2D eigenvalue weighted by Gasteiger charge is -2.41. The number of carboxylic acid groups (broad SMARTS) is 1. The number of rotatable bonds is 7. The Morgan fingerprint density at radius 2 is 1.97 bits per heavy atom. The van der Waals surface area contributed by atoms with E-state index in [9.17, 15) is 18.0 Å². The molecule has 31 heavy (non-hydrogen) atoms. The molecule has 0 saturated carbocycles. The van der Waals surface area contributed by atoms with Gasteiger partial charge in [-0.1, -0.05) is 0 Å². The van der Waals surface area contributed by atoms with E-state index in [4.69, 9.17) is 19.4 Å². The molecule has 0 aromatic carbocycles. The molecule has 1 amide bonds. The average molecular weight is 468 g/mol. The number of hydrogen-bond donors (Lipinski definition) is 1. The summed E-state index contributed by atoms with van der Waals surface area (Å²) in [5.41, 5.74) is 0.0558. The highest BCUT2D eigenvalue weighted by Crippen LogP contribution is 2.45. The van der Waals surface area contributed by atoms with Gasteiger partial charge < -0.3 is 19.5 Å². The fourth-order valence-electron chi connectivity index (χ4n) is 4.04. The first kappa shape index (κ1) is 25.5. The van der Waals surface area contributed by atoms with Gasteiger partial charge in [-0.2, -0.15) is 13.2 Å². The quantitative estimate of drug-likeness (QED) is 0.657. The molecule has 0 bridgehead atoms. The molecule has 1 unspecified atom stereocenters. The molecule has 0 radical (unpaired) electrons. The zero-order chi connectivity index (χ0) is 23.1. The van der Waals surface area contributed by atoms with Crippen molar-refractivity contribution < 1.29 is 37.3 Å². The lowest BCUT2D eigenvalue weighted by atomic mass is 9.71. The minimum absolute atomic E-state index is 0.0126. The van der Waals surface area contributed by atoms with Crippen LogP contribution in [0.1, 0.15) is 17.8 Å². The van der Waals surface area contributed by atoms with Crippen LogP contribution >= 0.6 is 11.3 Å². The van der Waals surface area contributed by atoms with Crippen molar-refractivity contribution in [1.29, 1.82) is 0 Å². The number of piperidine rings is 1. The molecule has 2 aliphatic rings. The maximum Gasteiger partial charge on any atom is 0.490 e. The van der Waals surface area contributed by atoms with Gasteiger partial charge in [0.2, 0.25) is 5.91 Å². The van der Waals surface area contributed by atoms with Gasteiger partial charge in [0.15, 0.2) is 0 Å². The summed E-state index contributed by atoms with van der Waals surface area (Å²) in [6, 6.07) is 0. The Hall–Kier alpha value is -1.76. The van der Waals surface area contributed by atoms with Crippen LogP contribution < -0.4 is 0 Å². The topological polar surface area (TPSA) is 92.2 Å². The number of aromatic nitrogens is 1. The Bertz CT molecular complexity index is 709. The molecule has 3 heterocycles. The van der Waals surface area contributed by atoms with E-state index in [-0.39, 0.29) is 17.2 Å². The first-order chi connectivity index (χ1) is 14.6. The highest BCUT2D eigenvalue weighted by atomic mass is 32.1. The third-order valence-electron chi connectivity index (χ3n) is 5.69. The van der Waals surface area contributed by atoms with Crippen molar-refractivity contribution in [3.05, 3.63) is 16.6 Å². The standard InChI is InChI=1S/C17H27N3O3S.C2HF3O2/c1-22-9-8-20-13-17(14(12-23-2)16(20)21)3-6-19(7-4-17)11-15-18-5-10-24-15;3-2(4,5)1(6)7/h5,10,14H,3-4,6-9,11-13H2,1-2H3;(H,6,7). The van der Waals surface area contributed by atoms with Crippen LogP contribution in [-0.2, 0) is 25.6 Å². The van der Waals surface area contributed by atoms with Crippen molar-refractivity contribution in [1.82, 2.24) is 14.8 Å². The van der Waals surface area contributed by atoms with Crippen LogP contribution in [0.25, 0.3) is 0 Å². The van der Waals surface area contributed by atoms with Gasteiger partial charge in [-0.15, -0.1) is 11.3 Å². The van der Waals surface area contributed by atoms with Crippen molar-refractivity contribution >= 4 is 23.2 Å². The molecule has 0 aliphatic carbocycles. The van der Waals surface area contributed by atoms with E-state index in [1.807, 2.05) is 16.5 Å². The van der Waals surface area contributed by atoms with Crippen molar-refractivity contribution in [2.45, 2.75) is 25.6 Å². The number of halogens is 3. The van der Waals surface area contributed by atoms with Crippen LogP contribution in [-0.4, -0.2) is 91.6 Å².